The number of aromatic nitrogens is 1. The Morgan fingerprint density at radius 3 is 2.88 bits per heavy atom. The second-order valence-electron chi connectivity index (χ2n) is 4.44. The fourth-order valence-electron chi connectivity index (χ4n) is 2.30. The van der Waals surface area contributed by atoms with Crippen molar-refractivity contribution in [3.05, 3.63) is 29.6 Å². The highest BCUT2D eigenvalue weighted by Crippen LogP contribution is 2.22. The maximum atomic E-state index is 9.22. The third-order valence-corrected chi connectivity index (χ3v) is 3.28. The summed E-state index contributed by atoms with van der Waals surface area (Å²) in [5.74, 6) is 0. The van der Waals surface area contributed by atoms with Gasteiger partial charge in [-0.15, -0.1) is 0 Å². The second-order valence-corrected chi connectivity index (χ2v) is 4.44. The van der Waals surface area contributed by atoms with Crippen molar-refractivity contribution in [1.29, 1.82) is 5.26 Å². The van der Waals surface area contributed by atoms with Crippen molar-refractivity contribution in [2.75, 3.05) is 0 Å². The van der Waals surface area contributed by atoms with E-state index in [4.69, 9.17) is 0 Å². The van der Waals surface area contributed by atoms with Gasteiger partial charge < -0.3 is 0 Å². The predicted molar refractivity (Wildman–Crippen MR) is 62.7 cm³/mol. The van der Waals surface area contributed by atoms with Crippen LogP contribution in [0.25, 0.3) is 0 Å². The molecule has 16 heavy (non-hydrogen) atoms. The van der Waals surface area contributed by atoms with Crippen LogP contribution in [0, 0.1) is 18.3 Å². The Kier molecular flexibility index (Phi) is 3.53. The minimum atomic E-state index is -0.211. The standard InChI is InChI=1S/C13H17N3/c1-10-6-7-15-9-12(10)13(8-14)16-11-4-2-3-5-11/h6-7,9,11,13,16H,2-5H2,1H3. The molecule has 1 atom stereocenters. The van der Waals surface area contributed by atoms with Gasteiger partial charge in [-0.05, 0) is 31.4 Å². The number of rotatable bonds is 3. The van der Waals surface area contributed by atoms with Crippen LogP contribution in [0.4, 0.5) is 0 Å². The first-order valence-corrected chi connectivity index (χ1v) is 5.87. The summed E-state index contributed by atoms with van der Waals surface area (Å²) in [6, 6.07) is 4.58. The van der Waals surface area contributed by atoms with E-state index in [1.807, 2.05) is 13.0 Å². The largest absolute Gasteiger partial charge is 0.295 e. The zero-order valence-corrected chi connectivity index (χ0v) is 9.61. The molecular formula is C13H17N3. The Morgan fingerprint density at radius 2 is 2.25 bits per heavy atom. The highest BCUT2D eigenvalue weighted by Gasteiger charge is 2.20. The SMILES string of the molecule is Cc1ccncc1C(C#N)NC1CCCC1. The van der Waals surface area contributed by atoms with Gasteiger partial charge in [-0.2, -0.15) is 5.26 Å². The predicted octanol–water partition coefficient (Wildman–Crippen LogP) is 2.49. The van der Waals surface area contributed by atoms with Gasteiger partial charge in [-0.1, -0.05) is 12.8 Å². The third kappa shape index (κ3) is 2.40. The summed E-state index contributed by atoms with van der Waals surface area (Å²) in [5, 5.41) is 12.6. The highest BCUT2D eigenvalue weighted by molar-refractivity contribution is 5.29. The van der Waals surface area contributed by atoms with E-state index in [9.17, 15) is 5.26 Å². The van der Waals surface area contributed by atoms with Crippen LogP contribution in [0.3, 0.4) is 0 Å². The van der Waals surface area contributed by atoms with E-state index < -0.39 is 0 Å². The number of nitrogens with one attached hydrogen (secondary N) is 1. The minimum absolute atomic E-state index is 0.211. The number of nitrogens with zero attached hydrogens (tertiary/aromatic N) is 2. The van der Waals surface area contributed by atoms with Gasteiger partial charge in [0.1, 0.15) is 6.04 Å². The summed E-state index contributed by atoms with van der Waals surface area (Å²) < 4.78 is 0. The van der Waals surface area contributed by atoms with E-state index in [1.54, 1.807) is 12.4 Å². The van der Waals surface area contributed by atoms with Crippen molar-refractivity contribution in [3.63, 3.8) is 0 Å². The number of nitriles is 1. The molecule has 0 bridgehead atoms. The maximum absolute atomic E-state index is 9.22. The zero-order valence-electron chi connectivity index (χ0n) is 9.61. The Labute approximate surface area is 96.5 Å². The average molecular weight is 215 g/mol. The van der Waals surface area contributed by atoms with Crippen LogP contribution in [-0.4, -0.2) is 11.0 Å². The van der Waals surface area contributed by atoms with Crippen LogP contribution < -0.4 is 5.32 Å². The van der Waals surface area contributed by atoms with E-state index >= 15 is 0 Å². The van der Waals surface area contributed by atoms with Crippen molar-refractivity contribution in [3.8, 4) is 6.07 Å². The van der Waals surface area contributed by atoms with Gasteiger partial charge in [-0.25, -0.2) is 0 Å². The average Bonchev–Trinajstić information content (AvgIpc) is 2.80. The molecule has 0 aromatic carbocycles. The molecule has 0 aliphatic heterocycles. The lowest BCUT2D eigenvalue weighted by Crippen LogP contribution is -2.30. The van der Waals surface area contributed by atoms with E-state index in [0.717, 1.165) is 11.1 Å². The monoisotopic (exact) mass is 215 g/mol. The lowest BCUT2D eigenvalue weighted by atomic mass is 10.0. The molecule has 2 rings (SSSR count). The van der Waals surface area contributed by atoms with Crippen LogP contribution in [0.15, 0.2) is 18.5 Å². The molecule has 3 heteroatoms. The van der Waals surface area contributed by atoms with Gasteiger partial charge in [-0.3, -0.25) is 10.3 Å². The molecule has 3 nitrogen and oxygen atoms in total. The molecule has 1 unspecified atom stereocenters. The van der Waals surface area contributed by atoms with E-state index in [2.05, 4.69) is 16.4 Å². The summed E-state index contributed by atoms with van der Waals surface area (Å²) in [6.45, 7) is 2.03. The molecule has 1 aliphatic rings. The normalized spacial score (nSPS) is 18.2. The summed E-state index contributed by atoms with van der Waals surface area (Å²) in [4.78, 5) is 4.10. The number of aryl methyl sites for hydroxylation is 1. The highest BCUT2D eigenvalue weighted by atomic mass is 15.0. The quantitative estimate of drug-likeness (QED) is 0.842. The van der Waals surface area contributed by atoms with Crippen LogP contribution >= 0.6 is 0 Å². The van der Waals surface area contributed by atoms with Gasteiger partial charge in [0.05, 0.1) is 6.07 Å². The molecule has 1 heterocycles. The van der Waals surface area contributed by atoms with Crippen LogP contribution in [-0.2, 0) is 0 Å². The lowest BCUT2D eigenvalue weighted by molar-refractivity contribution is 0.490. The van der Waals surface area contributed by atoms with Gasteiger partial charge in [0.15, 0.2) is 0 Å². The van der Waals surface area contributed by atoms with Crippen LogP contribution in [0.2, 0.25) is 0 Å². The van der Waals surface area contributed by atoms with E-state index in [-0.39, 0.29) is 6.04 Å². The first-order chi connectivity index (χ1) is 7.81. The fraction of sp³-hybridized carbons (Fsp3) is 0.538. The van der Waals surface area contributed by atoms with Gasteiger partial charge in [0, 0.05) is 24.0 Å². The molecule has 1 aromatic heterocycles. The number of hydrogen-bond acceptors (Lipinski definition) is 3. The summed E-state index contributed by atoms with van der Waals surface area (Å²) in [5.41, 5.74) is 2.14. The van der Waals surface area contributed by atoms with Gasteiger partial charge in [0.25, 0.3) is 0 Å². The van der Waals surface area contributed by atoms with Gasteiger partial charge in [0.2, 0.25) is 0 Å². The van der Waals surface area contributed by atoms with Crippen molar-refractivity contribution < 1.29 is 0 Å². The van der Waals surface area contributed by atoms with E-state index in [0.29, 0.717) is 6.04 Å². The molecule has 0 saturated heterocycles. The molecule has 1 saturated carbocycles. The van der Waals surface area contributed by atoms with E-state index in [1.165, 1.54) is 25.7 Å². The Balaban J connectivity index is 2.10. The van der Waals surface area contributed by atoms with Crippen molar-refractivity contribution >= 4 is 0 Å². The Hall–Kier alpha value is -1.40. The number of hydrogen-bond donors (Lipinski definition) is 1. The molecule has 0 spiro atoms. The van der Waals surface area contributed by atoms with Crippen molar-refractivity contribution in [1.82, 2.24) is 10.3 Å². The second kappa shape index (κ2) is 5.09. The fourth-order valence-corrected chi connectivity index (χ4v) is 2.30. The van der Waals surface area contributed by atoms with Crippen LogP contribution in [0.5, 0.6) is 0 Å². The summed E-state index contributed by atoms with van der Waals surface area (Å²) in [7, 11) is 0. The van der Waals surface area contributed by atoms with Gasteiger partial charge >= 0.3 is 0 Å². The summed E-state index contributed by atoms with van der Waals surface area (Å²) >= 11 is 0. The minimum Gasteiger partial charge on any atom is -0.295 e. The molecule has 0 radical (unpaired) electrons. The zero-order chi connectivity index (χ0) is 11.4. The molecular weight excluding hydrogens is 198 g/mol. The smallest absolute Gasteiger partial charge is 0.123 e. The summed E-state index contributed by atoms with van der Waals surface area (Å²) in [6.07, 6.45) is 8.51. The molecule has 1 N–H and O–H groups in total. The molecule has 1 aromatic rings. The topological polar surface area (TPSA) is 48.7 Å². The molecule has 0 amide bonds. The van der Waals surface area contributed by atoms with Crippen LogP contribution in [0.1, 0.15) is 42.9 Å². The lowest BCUT2D eigenvalue weighted by Gasteiger charge is -2.18. The third-order valence-electron chi connectivity index (χ3n) is 3.28. The van der Waals surface area contributed by atoms with Crippen molar-refractivity contribution in [2.24, 2.45) is 0 Å². The first kappa shape index (κ1) is 11.1. The maximum Gasteiger partial charge on any atom is 0.123 e. The Bertz CT molecular complexity index is 388. The Morgan fingerprint density at radius 1 is 1.50 bits per heavy atom. The molecule has 84 valence electrons. The molecule has 1 aliphatic carbocycles. The number of pyridine rings is 1. The van der Waals surface area contributed by atoms with Crippen molar-refractivity contribution in [2.45, 2.75) is 44.7 Å². The molecule has 1 fully saturated rings. The first-order valence-electron chi connectivity index (χ1n) is 5.87.